The molecule has 0 spiro atoms. The fourth-order valence-corrected chi connectivity index (χ4v) is 2.44. The Morgan fingerprint density at radius 1 is 1.08 bits per heavy atom. The van der Waals surface area contributed by atoms with Crippen LogP contribution < -0.4 is 0 Å². The highest BCUT2D eigenvalue weighted by molar-refractivity contribution is 5.71. The number of fused-ring (bicyclic) bond motifs is 1. The first-order chi connectivity index (χ1) is 12.3. The maximum absolute atomic E-state index is 13.7. The molecule has 0 N–H and O–H groups in total. The van der Waals surface area contributed by atoms with Gasteiger partial charge in [-0.15, -0.1) is 10.2 Å². The smallest absolute Gasteiger partial charge is 0.190 e. The quantitative estimate of drug-likeness (QED) is 0.494. The molecule has 120 valence electrons. The van der Waals surface area contributed by atoms with Crippen LogP contribution in [0.2, 0.25) is 0 Å². The average Bonchev–Trinajstić information content (AvgIpc) is 3.27. The number of hydrogen-bond acceptors (Lipinski definition) is 5. The minimum absolute atomic E-state index is 0.317. The van der Waals surface area contributed by atoms with E-state index in [2.05, 4.69) is 21.3 Å². The summed E-state index contributed by atoms with van der Waals surface area (Å²) < 4.78 is 20.5. The molecule has 3 heterocycles. The van der Waals surface area contributed by atoms with E-state index in [9.17, 15) is 4.39 Å². The van der Waals surface area contributed by atoms with E-state index in [1.54, 1.807) is 42.5 Å². The number of nitriles is 1. The van der Waals surface area contributed by atoms with E-state index in [1.807, 2.05) is 0 Å². The minimum Gasteiger partial charge on any atom is -0.463 e. The van der Waals surface area contributed by atoms with Gasteiger partial charge in [0.15, 0.2) is 17.3 Å². The lowest BCUT2D eigenvalue weighted by Crippen LogP contribution is -1.85. The van der Waals surface area contributed by atoms with Crippen molar-refractivity contribution in [1.29, 1.82) is 5.26 Å². The van der Waals surface area contributed by atoms with Crippen LogP contribution in [0.1, 0.15) is 5.56 Å². The van der Waals surface area contributed by atoms with Gasteiger partial charge < -0.3 is 4.42 Å². The maximum Gasteiger partial charge on any atom is 0.190 e. The molecule has 0 saturated heterocycles. The third-order valence-electron chi connectivity index (χ3n) is 3.59. The molecule has 0 bridgehead atoms. The normalized spacial score (nSPS) is 11.2. The zero-order chi connectivity index (χ0) is 17.2. The zero-order valence-corrected chi connectivity index (χ0v) is 12.8. The third kappa shape index (κ3) is 2.66. The van der Waals surface area contributed by atoms with E-state index in [-0.39, 0.29) is 0 Å². The summed E-state index contributed by atoms with van der Waals surface area (Å²) in [5.41, 5.74) is 1.76. The maximum atomic E-state index is 13.7. The fraction of sp³-hybridized carbons (Fsp3) is 0. The van der Waals surface area contributed by atoms with E-state index in [0.717, 1.165) is 0 Å². The van der Waals surface area contributed by atoms with Crippen LogP contribution in [0, 0.1) is 17.1 Å². The summed E-state index contributed by atoms with van der Waals surface area (Å²) in [6.45, 7) is 0. The molecule has 0 aliphatic rings. The van der Waals surface area contributed by atoms with Gasteiger partial charge in [-0.05, 0) is 36.4 Å². The number of furan rings is 1. The second kappa shape index (κ2) is 6.02. The zero-order valence-electron chi connectivity index (χ0n) is 12.8. The van der Waals surface area contributed by atoms with Crippen molar-refractivity contribution in [2.24, 2.45) is 10.2 Å². The van der Waals surface area contributed by atoms with Crippen molar-refractivity contribution in [3.05, 3.63) is 72.4 Å². The number of azo groups is 1. The van der Waals surface area contributed by atoms with E-state index in [0.29, 0.717) is 34.2 Å². The molecule has 0 amide bonds. The van der Waals surface area contributed by atoms with Gasteiger partial charge in [0, 0.05) is 6.20 Å². The van der Waals surface area contributed by atoms with Crippen LogP contribution in [-0.2, 0) is 0 Å². The summed E-state index contributed by atoms with van der Waals surface area (Å²) in [5.74, 6) is 0.383. The second-order valence-electron chi connectivity index (χ2n) is 5.17. The number of aromatic nitrogens is 2. The van der Waals surface area contributed by atoms with Crippen molar-refractivity contribution in [2.45, 2.75) is 0 Å². The molecule has 4 aromatic rings. The highest BCUT2D eigenvalue weighted by Gasteiger charge is 2.16. The fourth-order valence-electron chi connectivity index (χ4n) is 2.44. The lowest BCUT2D eigenvalue weighted by molar-refractivity contribution is 0.580. The molecule has 0 radical (unpaired) electrons. The highest BCUT2D eigenvalue weighted by Crippen LogP contribution is 2.33. The Labute approximate surface area is 141 Å². The first-order valence-electron chi connectivity index (χ1n) is 7.38. The highest BCUT2D eigenvalue weighted by atomic mass is 19.1. The van der Waals surface area contributed by atoms with Gasteiger partial charge in [0.1, 0.15) is 23.2 Å². The topological polar surface area (TPSA) is 78.9 Å². The Morgan fingerprint density at radius 2 is 1.96 bits per heavy atom. The standard InChI is InChI=1S/C18H10FN5O/c19-13-7-8-16-21-17(15-6-3-9-25-15)18(24(16)11-13)23-22-14-5-2-1-4-12(14)10-20/h1-9,11H. The van der Waals surface area contributed by atoms with Crippen LogP contribution in [0.15, 0.2) is 75.6 Å². The van der Waals surface area contributed by atoms with E-state index < -0.39 is 5.82 Å². The SMILES string of the molecule is N#Cc1ccccc1N=Nc1c(-c2ccco2)nc2ccc(F)cn12. The summed E-state index contributed by atoms with van der Waals surface area (Å²) in [5, 5.41) is 17.5. The molecule has 0 saturated carbocycles. The van der Waals surface area contributed by atoms with Crippen LogP contribution >= 0.6 is 0 Å². The average molecular weight is 331 g/mol. The summed E-state index contributed by atoms with van der Waals surface area (Å²) in [6, 6.07) is 15.2. The van der Waals surface area contributed by atoms with E-state index in [1.165, 1.54) is 22.9 Å². The minimum atomic E-state index is -0.426. The van der Waals surface area contributed by atoms with Gasteiger partial charge in [0.05, 0.1) is 11.8 Å². The molecule has 3 aromatic heterocycles. The molecule has 0 unspecified atom stereocenters. The molecule has 4 rings (SSSR count). The third-order valence-corrected chi connectivity index (χ3v) is 3.59. The Kier molecular flexibility index (Phi) is 3.56. The molecular weight excluding hydrogens is 321 g/mol. The molecule has 0 atom stereocenters. The Hall–Kier alpha value is -3.79. The van der Waals surface area contributed by atoms with Crippen molar-refractivity contribution in [2.75, 3.05) is 0 Å². The van der Waals surface area contributed by atoms with Crippen LogP contribution in [0.5, 0.6) is 0 Å². The van der Waals surface area contributed by atoms with Crippen molar-refractivity contribution in [3.63, 3.8) is 0 Å². The molecule has 0 aliphatic heterocycles. The number of halogens is 1. The summed E-state index contributed by atoms with van der Waals surface area (Å²) in [4.78, 5) is 4.43. The molecule has 0 aliphatic carbocycles. The lowest BCUT2D eigenvalue weighted by Gasteiger charge is -1.98. The van der Waals surface area contributed by atoms with E-state index >= 15 is 0 Å². The van der Waals surface area contributed by atoms with Gasteiger partial charge in [-0.1, -0.05) is 12.1 Å². The predicted octanol–water partition coefficient (Wildman–Crippen LogP) is 5.02. The van der Waals surface area contributed by atoms with Gasteiger partial charge in [-0.25, -0.2) is 9.37 Å². The first-order valence-corrected chi connectivity index (χ1v) is 7.38. The number of hydrogen-bond donors (Lipinski definition) is 0. The van der Waals surface area contributed by atoms with Gasteiger partial charge in [0.25, 0.3) is 0 Å². The van der Waals surface area contributed by atoms with Crippen molar-refractivity contribution < 1.29 is 8.81 Å². The van der Waals surface area contributed by atoms with Crippen LogP contribution in [-0.4, -0.2) is 9.38 Å². The Balaban J connectivity index is 1.90. The molecular formula is C18H10FN5O. The monoisotopic (exact) mass is 331 g/mol. The number of nitrogens with zero attached hydrogens (tertiary/aromatic N) is 5. The Bertz CT molecular complexity index is 1120. The van der Waals surface area contributed by atoms with Gasteiger partial charge in [-0.3, -0.25) is 4.40 Å². The van der Waals surface area contributed by atoms with Crippen LogP contribution in [0.4, 0.5) is 15.9 Å². The number of pyridine rings is 1. The molecule has 1 aromatic carbocycles. The molecule has 7 heteroatoms. The van der Waals surface area contributed by atoms with Crippen LogP contribution in [0.25, 0.3) is 17.1 Å². The largest absolute Gasteiger partial charge is 0.463 e. The summed E-state index contributed by atoms with van der Waals surface area (Å²) in [7, 11) is 0. The Morgan fingerprint density at radius 3 is 2.76 bits per heavy atom. The lowest BCUT2D eigenvalue weighted by atomic mass is 10.2. The number of rotatable bonds is 3. The summed E-state index contributed by atoms with van der Waals surface area (Å²) >= 11 is 0. The van der Waals surface area contributed by atoms with Crippen molar-refractivity contribution >= 4 is 17.2 Å². The van der Waals surface area contributed by atoms with Gasteiger partial charge >= 0.3 is 0 Å². The second-order valence-corrected chi connectivity index (χ2v) is 5.17. The van der Waals surface area contributed by atoms with E-state index in [4.69, 9.17) is 9.68 Å². The van der Waals surface area contributed by atoms with Gasteiger partial charge in [-0.2, -0.15) is 5.26 Å². The summed E-state index contributed by atoms with van der Waals surface area (Å²) in [6.07, 6.45) is 2.80. The molecule has 0 fully saturated rings. The van der Waals surface area contributed by atoms with Crippen LogP contribution in [0.3, 0.4) is 0 Å². The number of imidazole rings is 1. The van der Waals surface area contributed by atoms with Crippen molar-refractivity contribution in [3.8, 4) is 17.5 Å². The van der Waals surface area contributed by atoms with Crippen molar-refractivity contribution in [1.82, 2.24) is 9.38 Å². The predicted molar refractivity (Wildman–Crippen MR) is 88.2 cm³/mol. The first kappa shape index (κ1) is 14.8. The molecule has 25 heavy (non-hydrogen) atoms. The van der Waals surface area contributed by atoms with Gasteiger partial charge in [0.2, 0.25) is 0 Å². The molecule has 6 nitrogen and oxygen atoms in total. The number of benzene rings is 1.